The summed E-state index contributed by atoms with van der Waals surface area (Å²) in [6.07, 6.45) is 6.49. The number of primary sulfonamides is 1. The van der Waals surface area contributed by atoms with E-state index in [1.54, 1.807) is 12.1 Å². The highest BCUT2D eigenvalue weighted by Crippen LogP contribution is 2.39. The van der Waals surface area contributed by atoms with Crippen LogP contribution in [-0.2, 0) is 16.4 Å². The predicted octanol–water partition coefficient (Wildman–Crippen LogP) is 4.63. The Morgan fingerprint density at radius 1 is 0.964 bits per heavy atom. The van der Waals surface area contributed by atoms with E-state index in [0.29, 0.717) is 18.2 Å². The van der Waals surface area contributed by atoms with Crippen LogP contribution < -0.4 is 5.14 Å². The number of hydrogen-bond acceptors (Lipinski definition) is 4. The molecule has 0 spiro atoms. The molecule has 0 atom stereocenters. The highest BCUT2D eigenvalue weighted by Gasteiger charge is 2.25. The van der Waals surface area contributed by atoms with Gasteiger partial charge in [0.1, 0.15) is 11.5 Å². The minimum absolute atomic E-state index is 0.100. The van der Waals surface area contributed by atoms with E-state index in [-0.39, 0.29) is 4.90 Å². The van der Waals surface area contributed by atoms with Crippen LogP contribution in [0.5, 0.6) is 0 Å². The minimum atomic E-state index is -3.71. The quantitative estimate of drug-likeness (QED) is 0.681. The van der Waals surface area contributed by atoms with Crippen LogP contribution in [0.4, 0.5) is 0 Å². The number of oxazole rings is 1. The van der Waals surface area contributed by atoms with Gasteiger partial charge in [-0.15, -0.1) is 0 Å². The first-order valence-electron chi connectivity index (χ1n) is 9.67. The second kappa shape index (κ2) is 7.89. The maximum atomic E-state index is 11.5. The van der Waals surface area contributed by atoms with Crippen molar-refractivity contribution in [2.45, 2.75) is 49.3 Å². The van der Waals surface area contributed by atoms with Gasteiger partial charge in [0.25, 0.3) is 0 Å². The van der Waals surface area contributed by atoms with Crippen molar-refractivity contribution < 1.29 is 12.8 Å². The molecule has 3 aromatic rings. The number of nitrogens with zero attached hydrogens (tertiary/aromatic N) is 1. The van der Waals surface area contributed by atoms with Crippen LogP contribution in [0.3, 0.4) is 0 Å². The summed E-state index contributed by atoms with van der Waals surface area (Å²) in [7, 11) is -3.71. The van der Waals surface area contributed by atoms with E-state index >= 15 is 0 Å². The normalized spacial score (nSPS) is 15.6. The number of hydrogen-bond donors (Lipinski definition) is 1. The number of nitrogens with two attached hydrogens (primary N) is 1. The average molecular weight is 397 g/mol. The third-order valence-electron chi connectivity index (χ3n) is 5.33. The van der Waals surface area contributed by atoms with Gasteiger partial charge in [0, 0.05) is 17.9 Å². The van der Waals surface area contributed by atoms with Gasteiger partial charge in [-0.2, -0.15) is 0 Å². The lowest BCUT2D eigenvalue weighted by molar-refractivity contribution is 0.363. The molecule has 0 bridgehead atoms. The third kappa shape index (κ3) is 4.18. The van der Waals surface area contributed by atoms with E-state index in [1.165, 1.54) is 31.4 Å². The first-order chi connectivity index (χ1) is 13.5. The fourth-order valence-electron chi connectivity index (χ4n) is 3.87. The van der Waals surface area contributed by atoms with Crippen LogP contribution in [0.15, 0.2) is 63.9 Å². The summed E-state index contributed by atoms with van der Waals surface area (Å²) in [6, 6.07) is 16.7. The lowest BCUT2D eigenvalue weighted by Gasteiger charge is -2.20. The van der Waals surface area contributed by atoms with E-state index in [9.17, 15) is 8.42 Å². The largest absolute Gasteiger partial charge is 0.444 e. The van der Waals surface area contributed by atoms with Gasteiger partial charge in [-0.25, -0.2) is 18.5 Å². The van der Waals surface area contributed by atoms with Gasteiger partial charge < -0.3 is 4.42 Å². The summed E-state index contributed by atoms with van der Waals surface area (Å²) < 4.78 is 29.3. The van der Waals surface area contributed by atoms with E-state index in [0.717, 1.165) is 35.4 Å². The molecule has 1 aliphatic carbocycles. The Labute approximate surface area is 165 Å². The van der Waals surface area contributed by atoms with Crippen molar-refractivity contribution in [2.24, 2.45) is 5.14 Å². The standard InChI is InChI=1S/C22H24N2O3S/c23-28(25,26)19-13-11-17(12-14-19)21-22(18-9-5-2-6-10-18)27-20(24-21)15-16-7-3-1-4-8-16/h1,3-4,7-8,11-14,18H,2,5-6,9-10,15H2,(H2,23,25,26). The number of rotatable bonds is 5. The molecule has 0 amide bonds. The lowest BCUT2D eigenvalue weighted by Crippen LogP contribution is -2.11. The molecule has 2 aromatic carbocycles. The number of benzene rings is 2. The molecule has 6 heteroatoms. The van der Waals surface area contributed by atoms with Gasteiger partial charge in [0.2, 0.25) is 10.0 Å². The van der Waals surface area contributed by atoms with E-state index in [1.807, 2.05) is 18.2 Å². The molecule has 1 fully saturated rings. The monoisotopic (exact) mass is 396 g/mol. The molecule has 1 aromatic heterocycles. The van der Waals surface area contributed by atoms with Crippen molar-refractivity contribution in [1.82, 2.24) is 4.98 Å². The zero-order valence-electron chi connectivity index (χ0n) is 15.7. The maximum absolute atomic E-state index is 11.5. The smallest absolute Gasteiger partial charge is 0.238 e. The molecule has 28 heavy (non-hydrogen) atoms. The van der Waals surface area contributed by atoms with Crippen LogP contribution in [0.25, 0.3) is 11.3 Å². The topological polar surface area (TPSA) is 86.2 Å². The van der Waals surface area contributed by atoms with Crippen LogP contribution in [0.2, 0.25) is 0 Å². The van der Waals surface area contributed by atoms with Crippen LogP contribution in [-0.4, -0.2) is 13.4 Å². The Hall–Kier alpha value is -2.44. The van der Waals surface area contributed by atoms with Crippen molar-refractivity contribution in [3.8, 4) is 11.3 Å². The summed E-state index contributed by atoms with van der Waals surface area (Å²) in [4.78, 5) is 4.90. The first kappa shape index (κ1) is 18.9. The van der Waals surface area contributed by atoms with E-state index in [4.69, 9.17) is 14.5 Å². The van der Waals surface area contributed by atoms with Gasteiger partial charge in [0.05, 0.1) is 4.90 Å². The fourth-order valence-corrected chi connectivity index (χ4v) is 4.39. The second-order valence-electron chi connectivity index (χ2n) is 7.39. The average Bonchev–Trinajstić information content (AvgIpc) is 3.13. The molecular formula is C22H24N2O3S. The summed E-state index contributed by atoms with van der Waals surface area (Å²) in [6.45, 7) is 0. The second-order valence-corrected chi connectivity index (χ2v) is 8.95. The molecule has 1 heterocycles. The fraction of sp³-hybridized carbons (Fsp3) is 0.318. The Bertz CT molecular complexity index is 1040. The van der Waals surface area contributed by atoms with Crippen molar-refractivity contribution in [3.63, 3.8) is 0 Å². The maximum Gasteiger partial charge on any atom is 0.238 e. The molecule has 0 unspecified atom stereocenters. The van der Waals surface area contributed by atoms with Crippen LogP contribution in [0.1, 0.15) is 55.2 Å². The Morgan fingerprint density at radius 2 is 1.64 bits per heavy atom. The van der Waals surface area contributed by atoms with Gasteiger partial charge >= 0.3 is 0 Å². The Balaban J connectivity index is 1.71. The summed E-state index contributed by atoms with van der Waals surface area (Å²) in [5, 5.41) is 5.22. The molecule has 2 N–H and O–H groups in total. The molecule has 0 saturated heterocycles. The highest BCUT2D eigenvalue weighted by molar-refractivity contribution is 7.89. The van der Waals surface area contributed by atoms with Crippen molar-refractivity contribution in [1.29, 1.82) is 0 Å². The minimum Gasteiger partial charge on any atom is -0.444 e. The van der Waals surface area contributed by atoms with Gasteiger partial charge in [-0.1, -0.05) is 61.7 Å². The molecule has 1 aliphatic rings. The highest BCUT2D eigenvalue weighted by atomic mass is 32.2. The molecule has 146 valence electrons. The number of sulfonamides is 1. The summed E-state index contributed by atoms with van der Waals surface area (Å²) >= 11 is 0. The van der Waals surface area contributed by atoms with Gasteiger partial charge in [-0.05, 0) is 30.5 Å². The van der Waals surface area contributed by atoms with Crippen molar-refractivity contribution in [3.05, 3.63) is 71.8 Å². The Kier molecular flexibility index (Phi) is 5.33. The van der Waals surface area contributed by atoms with E-state index < -0.39 is 10.0 Å². The van der Waals surface area contributed by atoms with Gasteiger partial charge in [-0.3, -0.25) is 0 Å². The molecule has 5 nitrogen and oxygen atoms in total. The van der Waals surface area contributed by atoms with Crippen molar-refractivity contribution >= 4 is 10.0 Å². The molecule has 0 aliphatic heterocycles. The molecular weight excluding hydrogens is 372 g/mol. The summed E-state index contributed by atoms with van der Waals surface area (Å²) in [5.74, 6) is 1.98. The number of aromatic nitrogens is 1. The van der Waals surface area contributed by atoms with Crippen LogP contribution >= 0.6 is 0 Å². The molecule has 1 saturated carbocycles. The lowest BCUT2D eigenvalue weighted by atomic mass is 9.86. The van der Waals surface area contributed by atoms with Gasteiger partial charge in [0.15, 0.2) is 5.89 Å². The molecule has 4 rings (SSSR count). The third-order valence-corrected chi connectivity index (χ3v) is 6.26. The SMILES string of the molecule is NS(=O)(=O)c1ccc(-c2nc(Cc3ccccc3)oc2C2CCCCC2)cc1. The molecule has 0 radical (unpaired) electrons. The predicted molar refractivity (Wildman–Crippen MR) is 108 cm³/mol. The van der Waals surface area contributed by atoms with E-state index in [2.05, 4.69) is 12.1 Å². The zero-order valence-corrected chi connectivity index (χ0v) is 16.5. The zero-order chi connectivity index (χ0) is 19.6. The van der Waals surface area contributed by atoms with Crippen LogP contribution in [0, 0.1) is 0 Å². The van der Waals surface area contributed by atoms with Crippen molar-refractivity contribution in [2.75, 3.05) is 0 Å². The first-order valence-corrected chi connectivity index (χ1v) is 11.2. The summed E-state index contributed by atoms with van der Waals surface area (Å²) in [5.41, 5.74) is 2.82. The Morgan fingerprint density at radius 3 is 2.29 bits per heavy atom.